The summed E-state index contributed by atoms with van der Waals surface area (Å²) in [5.41, 5.74) is 4.53. The Hall–Kier alpha value is -2.30. The number of halogens is 2. The smallest absolute Gasteiger partial charge is 0.260 e. The van der Waals surface area contributed by atoms with Crippen LogP contribution >= 0.6 is 0 Å². The number of carbonyl (C=O) groups excluding carboxylic acids is 1. The highest BCUT2D eigenvalue weighted by atomic mass is 19.3. The minimum atomic E-state index is -2.85. The number of nitrogens with zero attached hydrogens (tertiary/aromatic N) is 1. The Morgan fingerprint density at radius 2 is 2.00 bits per heavy atom. The molecule has 0 radical (unpaired) electrons. The first kappa shape index (κ1) is 15.2. The maximum atomic E-state index is 13.0. The van der Waals surface area contributed by atoms with Gasteiger partial charge in [0.1, 0.15) is 5.92 Å². The van der Waals surface area contributed by atoms with Crippen molar-refractivity contribution in [3.8, 4) is 11.3 Å². The van der Waals surface area contributed by atoms with Crippen molar-refractivity contribution in [2.45, 2.75) is 38.0 Å². The molecule has 0 spiro atoms. The minimum absolute atomic E-state index is 0.359. The highest BCUT2D eigenvalue weighted by molar-refractivity contribution is 5.95. The fraction of sp³-hybridized carbons (Fsp3) is 0.368. The molecule has 4 rings (SSSR count). The summed E-state index contributed by atoms with van der Waals surface area (Å²) < 4.78 is 26.0. The molecule has 0 unspecified atom stereocenters. The first-order valence-electron chi connectivity index (χ1n) is 8.20. The summed E-state index contributed by atoms with van der Waals surface area (Å²) >= 11 is 0. The fourth-order valence-electron chi connectivity index (χ4n) is 2.93. The number of aryl methyl sites for hydroxylation is 1. The molecule has 124 valence electrons. The van der Waals surface area contributed by atoms with Crippen LogP contribution in [-0.4, -0.2) is 16.8 Å². The molecule has 2 saturated carbocycles. The average molecular weight is 328 g/mol. The van der Waals surface area contributed by atoms with Crippen LogP contribution in [0.25, 0.3) is 11.3 Å². The molecule has 1 aromatic heterocycles. The Kier molecular flexibility index (Phi) is 3.41. The number of aromatic nitrogens is 1. The van der Waals surface area contributed by atoms with Crippen LogP contribution in [0.5, 0.6) is 0 Å². The van der Waals surface area contributed by atoms with E-state index in [0.717, 1.165) is 16.8 Å². The lowest BCUT2D eigenvalue weighted by atomic mass is 10.0. The Morgan fingerprint density at radius 1 is 1.25 bits per heavy atom. The molecule has 5 heteroatoms. The number of rotatable bonds is 4. The second kappa shape index (κ2) is 5.36. The van der Waals surface area contributed by atoms with Crippen LogP contribution < -0.4 is 5.32 Å². The summed E-state index contributed by atoms with van der Waals surface area (Å²) in [5, 5.41) is 2.59. The molecule has 2 aliphatic rings. The summed E-state index contributed by atoms with van der Waals surface area (Å²) in [4.78, 5) is 16.4. The molecule has 2 aliphatic carbocycles. The predicted octanol–water partition coefficient (Wildman–Crippen LogP) is 4.53. The van der Waals surface area contributed by atoms with E-state index in [1.165, 1.54) is 18.4 Å². The lowest BCUT2D eigenvalue weighted by Gasteiger charge is -2.10. The SMILES string of the molecule is Cc1ccc(NC(=O)[C@@H]2CC2(F)F)cc1-c1ccc(C2CC2)cn1. The van der Waals surface area contributed by atoms with Crippen LogP contribution in [0.4, 0.5) is 14.5 Å². The van der Waals surface area contributed by atoms with Crippen molar-refractivity contribution < 1.29 is 13.6 Å². The van der Waals surface area contributed by atoms with E-state index in [1.54, 1.807) is 12.1 Å². The lowest BCUT2D eigenvalue weighted by Crippen LogP contribution is -2.17. The average Bonchev–Trinajstić information content (AvgIpc) is 3.46. The molecule has 0 aliphatic heterocycles. The van der Waals surface area contributed by atoms with Crippen molar-refractivity contribution in [1.82, 2.24) is 4.98 Å². The van der Waals surface area contributed by atoms with E-state index < -0.39 is 17.7 Å². The van der Waals surface area contributed by atoms with Gasteiger partial charge in [-0.15, -0.1) is 0 Å². The van der Waals surface area contributed by atoms with Crippen molar-refractivity contribution in [1.29, 1.82) is 0 Å². The largest absolute Gasteiger partial charge is 0.326 e. The zero-order valence-electron chi connectivity index (χ0n) is 13.4. The van der Waals surface area contributed by atoms with Gasteiger partial charge in [-0.3, -0.25) is 9.78 Å². The van der Waals surface area contributed by atoms with Crippen molar-refractivity contribution in [2.75, 3.05) is 5.32 Å². The number of benzene rings is 1. The number of anilines is 1. The van der Waals surface area contributed by atoms with Crippen LogP contribution in [0.2, 0.25) is 0 Å². The molecule has 1 N–H and O–H groups in total. The summed E-state index contributed by atoms with van der Waals surface area (Å²) in [6.45, 7) is 1.96. The number of amides is 1. The van der Waals surface area contributed by atoms with Gasteiger partial charge in [-0.2, -0.15) is 0 Å². The van der Waals surface area contributed by atoms with Gasteiger partial charge in [-0.05, 0) is 55.0 Å². The predicted molar refractivity (Wildman–Crippen MR) is 88.1 cm³/mol. The summed E-state index contributed by atoms with van der Waals surface area (Å²) in [6, 6.07) is 9.47. The van der Waals surface area contributed by atoms with Gasteiger partial charge in [0.05, 0.1) is 5.69 Å². The first-order chi connectivity index (χ1) is 11.4. The Morgan fingerprint density at radius 3 is 2.58 bits per heavy atom. The van der Waals surface area contributed by atoms with Crippen LogP contribution in [0.3, 0.4) is 0 Å². The van der Waals surface area contributed by atoms with Gasteiger partial charge < -0.3 is 5.32 Å². The third kappa shape index (κ3) is 2.90. The van der Waals surface area contributed by atoms with Crippen molar-refractivity contribution in [3.05, 3.63) is 47.7 Å². The standard InChI is InChI=1S/C19H18F2N2O/c1-11-2-6-14(23-18(24)16-9-19(16,20)21)8-15(11)17-7-5-13(10-22-17)12-3-4-12/h2,5-8,10,12,16H,3-4,9H2,1H3,(H,23,24)/t16-/m0/s1. The monoisotopic (exact) mass is 328 g/mol. The molecule has 0 bridgehead atoms. The number of alkyl halides is 2. The van der Waals surface area contributed by atoms with E-state index in [2.05, 4.69) is 16.4 Å². The van der Waals surface area contributed by atoms with Crippen LogP contribution in [0.1, 0.15) is 36.3 Å². The number of hydrogen-bond acceptors (Lipinski definition) is 2. The summed E-state index contributed by atoms with van der Waals surface area (Å²) in [6.07, 6.45) is 4.00. The fourth-order valence-corrected chi connectivity index (χ4v) is 2.93. The van der Waals surface area contributed by atoms with E-state index in [1.807, 2.05) is 25.3 Å². The topological polar surface area (TPSA) is 42.0 Å². The van der Waals surface area contributed by atoms with E-state index in [4.69, 9.17) is 0 Å². The van der Waals surface area contributed by atoms with Gasteiger partial charge >= 0.3 is 0 Å². The quantitative estimate of drug-likeness (QED) is 0.896. The van der Waals surface area contributed by atoms with Gasteiger partial charge in [-0.1, -0.05) is 12.1 Å². The number of nitrogens with one attached hydrogen (secondary N) is 1. The third-order valence-corrected chi connectivity index (χ3v) is 4.76. The van der Waals surface area contributed by atoms with Crippen molar-refractivity contribution in [2.24, 2.45) is 5.92 Å². The molecule has 2 aromatic rings. The Bertz CT molecular complexity index is 798. The van der Waals surface area contributed by atoms with Gasteiger partial charge in [-0.25, -0.2) is 8.78 Å². The first-order valence-corrected chi connectivity index (χ1v) is 8.20. The second-order valence-electron chi connectivity index (χ2n) is 6.79. The molecule has 1 atom stereocenters. The number of pyridine rings is 1. The van der Waals surface area contributed by atoms with Crippen LogP contribution in [0.15, 0.2) is 36.5 Å². The molecule has 3 nitrogen and oxygen atoms in total. The van der Waals surface area contributed by atoms with Gasteiger partial charge in [0.15, 0.2) is 0 Å². The van der Waals surface area contributed by atoms with Crippen molar-refractivity contribution >= 4 is 11.6 Å². The number of hydrogen-bond donors (Lipinski definition) is 1. The normalized spacial score (nSPS) is 21.4. The molecule has 1 amide bonds. The molecule has 24 heavy (non-hydrogen) atoms. The highest BCUT2D eigenvalue weighted by Crippen LogP contribution is 2.49. The second-order valence-corrected chi connectivity index (χ2v) is 6.79. The van der Waals surface area contributed by atoms with Gasteiger partial charge in [0.2, 0.25) is 5.91 Å². The molecule has 2 fully saturated rings. The number of carbonyl (C=O) groups is 1. The Balaban J connectivity index is 1.55. The van der Waals surface area contributed by atoms with Gasteiger partial charge in [0, 0.05) is 23.9 Å². The summed E-state index contributed by atoms with van der Waals surface area (Å²) in [7, 11) is 0. The third-order valence-electron chi connectivity index (χ3n) is 4.76. The molecule has 1 aromatic carbocycles. The molecular weight excluding hydrogens is 310 g/mol. The van der Waals surface area contributed by atoms with Gasteiger partial charge in [0.25, 0.3) is 5.92 Å². The van der Waals surface area contributed by atoms with E-state index in [9.17, 15) is 13.6 Å². The molecule has 1 heterocycles. The Labute approximate surface area is 139 Å². The molecule has 0 saturated heterocycles. The zero-order valence-corrected chi connectivity index (χ0v) is 13.4. The maximum absolute atomic E-state index is 13.0. The van der Waals surface area contributed by atoms with E-state index >= 15 is 0 Å². The molecular formula is C19H18F2N2O. The summed E-state index contributed by atoms with van der Waals surface area (Å²) in [5.74, 6) is -4.01. The zero-order chi connectivity index (χ0) is 16.9. The lowest BCUT2D eigenvalue weighted by molar-refractivity contribution is -0.119. The highest BCUT2D eigenvalue weighted by Gasteiger charge is 2.61. The van der Waals surface area contributed by atoms with Crippen LogP contribution in [-0.2, 0) is 4.79 Å². The van der Waals surface area contributed by atoms with E-state index in [0.29, 0.717) is 11.6 Å². The van der Waals surface area contributed by atoms with Crippen LogP contribution in [0, 0.1) is 12.8 Å². The maximum Gasteiger partial charge on any atom is 0.260 e. The van der Waals surface area contributed by atoms with E-state index in [-0.39, 0.29) is 6.42 Å². The minimum Gasteiger partial charge on any atom is -0.326 e. The van der Waals surface area contributed by atoms with Crippen molar-refractivity contribution in [3.63, 3.8) is 0 Å².